The lowest BCUT2D eigenvalue weighted by atomic mass is 10.3. The SMILES string of the molecule is CCNc1nc(N(CC)CC)nc(N(CC)C(C)C)n1. The molecule has 0 saturated heterocycles. The van der Waals surface area contributed by atoms with Gasteiger partial charge in [-0.3, -0.25) is 0 Å². The van der Waals surface area contributed by atoms with Crippen LogP contribution >= 0.6 is 0 Å². The summed E-state index contributed by atoms with van der Waals surface area (Å²) in [5.74, 6) is 2.14. The highest BCUT2D eigenvalue weighted by Crippen LogP contribution is 2.18. The molecular weight excluding hydrogens is 252 g/mol. The molecule has 0 bridgehead atoms. The van der Waals surface area contributed by atoms with Gasteiger partial charge in [0.1, 0.15) is 0 Å². The topological polar surface area (TPSA) is 57.2 Å². The number of hydrogen-bond acceptors (Lipinski definition) is 6. The Balaban J connectivity index is 3.22. The molecule has 1 heterocycles. The van der Waals surface area contributed by atoms with E-state index in [1.54, 1.807) is 0 Å². The Hall–Kier alpha value is -1.59. The molecule has 1 rings (SSSR count). The van der Waals surface area contributed by atoms with Gasteiger partial charge in [-0.05, 0) is 41.5 Å². The van der Waals surface area contributed by atoms with E-state index in [0.29, 0.717) is 12.0 Å². The Bertz CT molecular complexity index is 403. The second-order valence-electron chi connectivity index (χ2n) is 4.84. The number of anilines is 3. The van der Waals surface area contributed by atoms with Crippen LogP contribution in [0.3, 0.4) is 0 Å². The molecule has 0 aromatic carbocycles. The highest BCUT2D eigenvalue weighted by molar-refractivity contribution is 5.45. The van der Waals surface area contributed by atoms with Gasteiger partial charge in [0.05, 0.1) is 0 Å². The summed E-state index contributed by atoms with van der Waals surface area (Å²) in [4.78, 5) is 18.0. The first-order valence-corrected chi connectivity index (χ1v) is 7.58. The second-order valence-corrected chi connectivity index (χ2v) is 4.84. The number of rotatable bonds is 8. The van der Waals surface area contributed by atoms with E-state index in [1.807, 2.05) is 6.92 Å². The maximum absolute atomic E-state index is 4.64. The summed E-state index contributed by atoms with van der Waals surface area (Å²) < 4.78 is 0. The van der Waals surface area contributed by atoms with Crippen LogP contribution in [0.15, 0.2) is 0 Å². The molecule has 6 nitrogen and oxygen atoms in total. The summed E-state index contributed by atoms with van der Waals surface area (Å²) >= 11 is 0. The van der Waals surface area contributed by atoms with Gasteiger partial charge in [-0.2, -0.15) is 15.0 Å². The molecule has 0 aliphatic rings. The van der Waals surface area contributed by atoms with E-state index in [1.165, 1.54) is 0 Å². The summed E-state index contributed by atoms with van der Waals surface area (Å²) in [6, 6.07) is 0.362. The van der Waals surface area contributed by atoms with Gasteiger partial charge < -0.3 is 15.1 Å². The average molecular weight is 280 g/mol. The van der Waals surface area contributed by atoms with Crippen molar-refractivity contribution in [2.75, 3.05) is 41.3 Å². The molecule has 1 aromatic heterocycles. The van der Waals surface area contributed by atoms with Crippen LogP contribution in [0.5, 0.6) is 0 Å². The summed E-state index contributed by atoms with van der Waals surface area (Å²) in [6.07, 6.45) is 0. The van der Waals surface area contributed by atoms with Gasteiger partial charge in [0.2, 0.25) is 17.8 Å². The first-order chi connectivity index (χ1) is 9.57. The van der Waals surface area contributed by atoms with Crippen LogP contribution in [0.4, 0.5) is 17.8 Å². The zero-order chi connectivity index (χ0) is 15.1. The molecule has 20 heavy (non-hydrogen) atoms. The summed E-state index contributed by atoms with van der Waals surface area (Å²) in [5.41, 5.74) is 0. The number of nitrogens with one attached hydrogen (secondary N) is 1. The van der Waals surface area contributed by atoms with E-state index < -0.39 is 0 Å². The molecule has 1 N–H and O–H groups in total. The third-order valence-electron chi connectivity index (χ3n) is 3.21. The van der Waals surface area contributed by atoms with Crippen LogP contribution < -0.4 is 15.1 Å². The average Bonchev–Trinajstić information content (AvgIpc) is 2.40. The quantitative estimate of drug-likeness (QED) is 0.789. The fraction of sp³-hybridized carbons (Fsp3) is 0.786. The zero-order valence-electron chi connectivity index (χ0n) is 13.6. The van der Waals surface area contributed by atoms with Gasteiger partial charge in [0, 0.05) is 32.2 Å². The second kappa shape index (κ2) is 7.87. The number of hydrogen-bond donors (Lipinski definition) is 1. The fourth-order valence-corrected chi connectivity index (χ4v) is 2.10. The lowest BCUT2D eigenvalue weighted by molar-refractivity contribution is 0.675. The van der Waals surface area contributed by atoms with Crippen molar-refractivity contribution in [1.82, 2.24) is 15.0 Å². The minimum atomic E-state index is 0.362. The van der Waals surface area contributed by atoms with Crippen LogP contribution in [-0.2, 0) is 0 Å². The predicted molar refractivity (Wildman–Crippen MR) is 85.7 cm³/mol. The molecule has 0 radical (unpaired) electrons. The van der Waals surface area contributed by atoms with Crippen molar-refractivity contribution in [1.29, 1.82) is 0 Å². The van der Waals surface area contributed by atoms with E-state index in [0.717, 1.165) is 38.1 Å². The Morgan fingerprint density at radius 3 is 1.95 bits per heavy atom. The maximum Gasteiger partial charge on any atom is 0.232 e. The highest BCUT2D eigenvalue weighted by atomic mass is 15.4. The lowest BCUT2D eigenvalue weighted by Gasteiger charge is -2.27. The van der Waals surface area contributed by atoms with Crippen molar-refractivity contribution in [2.45, 2.75) is 47.6 Å². The van der Waals surface area contributed by atoms with Crippen molar-refractivity contribution < 1.29 is 0 Å². The van der Waals surface area contributed by atoms with Gasteiger partial charge in [0.25, 0.3) is 0 Å². The minimum Gasteiger partial charge on any atom is -0.354 e. The smallest absolute Gasteiger partial charge is 0.232 e. The maximum atomic E-state index is 4.64. The van der Waals surface area contributed by atoms with Crippen molar-refractivity contribution in [2.24, 2.45) is 0 Å². The molecule has 1 aromatic rings. The van der Waals surface area contributed by atoms with Crippen LogP contribution in [0.25, 0.3) is 0 Å². The molecule has 0 saturated carbocycles. The first-order valence-electron chi connectivity index (χ1n) is 7.58. The summed E-state index contributed by atoms with van der Waals surface area (Å²) in [7, 11) is 0. The van der Waals surface area contributed by atoms with Crippen molar-refractivity contribution >= 4 is 17.8 Å². The van der Waals surface area contributed by atoms with Crippen LogP contribution in [0.1, 0.15) is 41.5 Å². The van der Waals surface area contributed by atoms with Crippen molar-refractivity contribution in [3.8, 4) is 0 Å². The van der Waals surface area contributed by atoms with Crippen LogP contribution in [-0.4, -0.2) is 47.2 Å². The van der Waals surface area contributed by atoms with Crippen LogP contribution in [0, 0.1) is 0 Å². The largest absolute Gasteiger partial charge is 0.354 e. The normalized spacial score (nSPS) is 10.8. The number of nitrogens with zero attached hydrogens (tertiary/aromatic N) is 5. The Morgan fingerprint density at radius 2 is 1.50 bits per heavy atom. The number of aromatic nitrogens is 3. The third kappa shape index (κ3) is 3.95. The molecule has 0 atom stereocenters. The van der Waals surface area contributed by atoms with Gasteiger partial charge >= 0.3 is 0 Å². The molecule has 0 unspecified atom stereocenters. The molecular formula is C14H28N6. The molecule has 6 heteroatoms. The standard InChI is InChI=1S/C14H28N6/c1-7-15-12-16-13(19(8-2)9-3)18-14(17-12)20(10-4)11(5)6/h11H,7-10H2,1-6H3,(H,15,16,17,18). The van der Waals surface area contributed by atoms with Crippen LogP contribution in [0.2, 0.25) is 0 Å². The van der Waals surface area contributed by atoms with E-state index in [4.69, 9.17) is 0 Å². The summed E-state index contributed by atoms with van der Waals surface area (Å²) in [6.45, 7) is 16.1. The van der Waals surface area contributed by atoms with Crippen molar-refractivity contribution in [3.63, 3.8) is 0 Å². The Labute approximate surface area is 122 Å². The first kappa shape index (κ1) is 16.5. The molecule has 0 aliphatic heterocycles. The molecule has 0 amide bonds. The van der Waals surface area contributed by atoms with Gasteiger partial charge in [-0.25, -0.2) is 0 Å². The zero-order valence-corrected chi connectivity index (χ0v) is 13.6. The lowest BCUT2D eigenvalue weighted by Crippen LogP contribution is -2.33. The summed E-state index contributed by atoms with van der Waals surface area (Å²) in [5, 5.41) is 3.19. The van der Waals surface area contributed by atoms with E-state index in [-0.39, 0.29) is 0 Å². The van der Waals surface area contributed by atoms with E-state index >= 15 is 0 Å². The van der Waals surface area contributed by atoms with E-state index in [9.17, 15) is 0 Å². The Morgan fingerprint density at radius 1 is 0.900 bits per heavy atom. The highest BCUT2D eigenvalue weighted by Gasteiger charge is 2.16. The predicted octanol–water partition coefficient (Wildman–Crippen LogP) is 2.38. The molecule has 0 fully saturated rings. The third-order valence-corrected chi connectivity index (χ3v) is 3.21. The van der Waals surface area contributed by atoms with Gasteiger partial charge in [-0.15, -0.1) is 0 Å². The van der Waals surface area contributed by atoms with Gasteiger partial charge in [0.15, 0.2) is 0 Å². The molecule has 114 valence electrons. The fourth-order valence-electron chi connectivity index (χ4n) is 2.10. The molecule has 0 aliphatic carbocycles. The minimum absolute atomic E-state index is 0.362. The molecule has 0 spiro atoms. The Kier molecular flexibility index (Phi) is 6.48. The monoisotopic (exact) mass is 280 g/mol. The van der Waals surface area contributed by atoms with Crippen molar-refractivity contribution in [3.05, 3.63) is 0 Å². The van der Waals surface area contributed by atoms with E-state index in [2.05, 4.69) is 64.7 Å². The van der Waals surface area contributed by atoms with Gasteiger partial charge in [-0.1, -0.05) is 0 Å².